The van der Waals surface area contributed by atoms with Crippen molar-refractivity contribution in [3.8, 4) is 0 Å². The molecule has 0 saturated carbocycles. The molecule has 23 heavy (non-hydrogen) atoms. The normalized spacial score (nSPS) is 28.3. The van der Waals surface area contributed by atoms with E-state index in [0.29, 0.717) is 11.6 Å². The van der Waals surface area contributed by atoms with Gasteiger partial charge in [0.25, 0.3) is 0 Å². The molecule has 3 atom stereocenters. The van der Waals surface area contributed by atoms with Crippen LogP contribution >= 0.6 is 0 Å². The van der Waals surface area contributed by atoms with Gasteiger partial charge in [-0.15, -0.1) is 0 Å². The molecule has 1 aliphatic rings. The lowest BCUT2D eigenvalue weighted by molar-refractivity contribution is -0.144. The van der Waals surface area contributed by atoms with Crippen molar-refractivity contribution in [2.75, 3.05) is 0 Å². The number of alkyl halides is 8. The predicted molar refractivity (Wildman–Crippen MR) is 60.8 cm³/mol. The van der Waals surface area contributed by atoms with Crippen LogP contribution in [-0.4, -0.2) is 26.7 Å². The number of hydrogen-bond donors (Lipinski definition) is 1. The first-order chi connectivity index (χ1) is 10.3. The van der Waals surface area contributed by atoms with Gasteiger partial charge >= 0.3 is 12.4 Å². The highest BCUT2D eigenvalue weighted by atomic mass is 19.4. The highest BCUT2D eigenvalue weighted by Crippen LogP contribution is 2.54. The third-order valence-corrected chi connectivity index (χ3v) is 3.67. The van der Waals surface area contributed by atoms with Crippen LogP contribution in [0.4, 0.5) is 35.1 Å². The molecule has 3 nitrogen and oxygen atoms in total. The van der Waals surface area contributed by atoms with Crippen LogP contribution in [0.5, 0.6) is 0 Å². The van der Waals surface area contributed by atoms with Crippen molar-refractivity contribution in [3.63, 3.8) is 0 Å². The van der Waals surface area contributed by atoms with Crippen molar-refractivity contribution >= 4 is 0 Å². The maximum absolute atomic E-state index is 14.1. The van der Waals surface area contributed by atoms with Crippen LogP contribution in [0, 0.1) is 0 Å². The van der Waals surface area contributed by atoms with Gasteiger partial charge in [-0.3, -0.25) is 4.68 Å². The molecule has 2 rings (SSSR count). The van der Waals surface area contributed by atoms with E-state index in [9.17, 15) is 40.2 Å². The number of fused-ring (bicyclic) bond motifs is 1. The minimum absolute atomic E-state index is 0.364. The first kappa shape index (κ1) is 18.0. The third kappa shape index (κ3) is 3.15. The van der Waals surface area contributed by atoms with Gasteiger partial charge in [0.1, 0.15) is 6.10 Å². The summed E-state index contributed by atoms with van der Waals surface area (Å²) in [5, 5.41) is 12.7. The smallest absolute Gasteiger partial charge is 0.385 e. The van der Waals surface area contributed by atoms with E-state index in [0.717, 1.165) is 0 Å². The Morgan fingerprint density at radius 3 is 2.26 bits per heavy atom. The van der Waals surface area contributed by atoms with Gasteiger partial charge < -0.3 is 5.11 Å². The molecule has 132 valence electrons. The van der Waals surface area contributed by atoms with E-state index in [2.05, 4.69) is 5.10 Å². The van der Waals surface area contributed by atoms with E-state index < -0.39 is 66.6 Å². The fourth-order valence-corrected chi connectivity index (χ4v) is 2.52. The number of aliphatic hydroxyl groups excluding tert-OH is 1. The molecule has 0 radical (unpaired) electrons. The second-order valence-corrected chi connectivity index (χ2v) is 5.50. The predicted octanol–water partition coefficient (Wildman–Crippen LogP) is 4.03. The second-order valence-electron chi connectivity index (χ2n) is 5.50. The van der Waals surface area contributed by atoms with E-state index in [1.54, 1.807) is 0 Å². The van der Waals surface area contributed by atoms with Crippen molar-refractivity contribution in [1.29, 1.82) is 0 Å². The van der Waals surface area contributed by atoms with E-state index >= 15 is 0 Å². The maximum atomic E-state index is 14.1. The lowest BCUT2D eigenvalue weighted by Crippen LogP contribution is -2.28. The second kappa shape index (κ2) is 5.32. The van der Waals surface area contributed by atoms with Crippen molar-refractivity contribution in [2.45, 2.75) is 56.6 Å². The molecule has 0 bridgehead atoms. The van der Waals surface area contributed by atoms with Gasteiger partial charge in [-0.05, 0) is 13.3 Å². The van der Waals surface area contributed by atoms with E-state index in [4.69, 9.17) is 0 Å². The molecule has 1 heterocycles. The van der Waals surface area contributed by atoms with Gasteiger partial charge in [-0.2, -0.15) is 31.4 Å². The molecule has 0 aromatic carbocycles. The van der Waals surface area contributed by atoms with Gasteiger partial charge in [0, 0.05) is 18.5 Å². The van der Waals surface area contributed by atoms with Crippen molar-refractivity contribution < 1.29 is 40.2 Å². The van der Waals surface area contributed by atoms with Gasteiger partial charge in [-0.25, -0.2) is 8.78 Å². The first-order valence-electron chi connectivity index (χ1n) is 6.52. The summed E-state index contributed by atoms with van der Waals surface area (Å²) in [4.78, 5) is 0. The Kier molecular flexibility index (Phi) is 4.15. The number of halogens is 8. The Morgan fingerprint density at radius 1 is 1.22 bits per heavy atom. The zero-order valence-electron chi connectivity index (χ0n) is 11.6. The molecule has 0 aliphatic heterocycles. The maximum Gasteiger partial charge on any atom is 0.435 e. The molecule has 0 spiro atoms. The minimum Gasteiger partial charge on any atom is -0.385 e. The number of aliphatic hydroxyl groups is 1. The summed E-state index contributed by atoms with van der Waals surface area (Å²) in [6.45, 7) is -0.0936. The Labute approximate surface area is 124 Å². The summed E-state index contributed by atoms with van der Waals surface area (Å²) in [5.41, 5.74) is -6.62. The van der Waals surface area contributed by atoms with E-state index in [-0.39, 0.29) is 0 Å². The van der Waals surface area contributed by atoms with Crippen molar-refractivity contribution in [2.24, 2.45) is 0 Å². The molecule has 1 aromatic heterocycles. The zero-order valence-corrected chi connectivity index (χ0v) is 11.6. The SMILES string of the molecule is CC1(F)C(O)c2c(C(F)(F)F)nn(CCCC(F)(F)F)c2C1F. The molecule has 11 heteroatoms. The number of hydrogen-bond acceptors (Lipinski definition) is 2. The first-order valence-corrected chi connectivity index (χ1v) is 6.52. The molecular formula is C12H12F8N2O. The topological polar surface area (TPSA) is 38.1 Å². The summed E-state index contributed by atoms with van der Waals surface area (Å²) in [6.07, 6.45) is -16.6. The van der Waals surface area contributed by atoms with Crippen LogP contribution in [-0.2, 0) is 12.7 Å². The molecule has 0 amide bonds. The lowest BCUT2D eigenvalue weighted by Gasteiger charge is -2.22. The molecular weight excluding hydrogens is 340 g/mol. The van der Waals surface area contributed by atoms with Crippen molar-refractivity contribution in [3.05, 3.63) is 17.0 Å². The van der Waals surface area contributed by atoms with Gasteiger partial charge in [0.15, 0.2) is 17.5 Å². The van der Waals surface area contributed by atoms with Gasteiger partial charge in [0.2, 0.25) is 0 Å². The zero-order chi connectivity index (χ0) is 17.8. The molecule has 1 aromatic rings. The van der Waals surface area contributed by atoms with Crippen LogP contribution in [0.25, 0.3) is 0 Å². The summed E-state index contributed by atoms with van der Waals surface area (Å²) in [7, 11) is 0. The molecule has 1 N–H and O–H groups in total. The highest BCUT2D eigenvalue weighted by molar-refractivity contribution is 5.41. The molecule has 0 fully saturated rings. The highest BCUT2D eigenvalue weighted by Gasteiger charge is 2.58. The minimum atomic E-state index is -5.10. The molecule has 1 aliphatic carbocycles. The van der Waals surface area contributed by atoms with Crippen LogP contribution in [0.2, 0.25) is 0 Å². The van der Waals surface area contributed by atoms with Crippen LogP contribution in [0.1, 0.15) is 49.0 Å². The monoisotopic (exact) mass is 352 g/mol. The molecule has 0 saturated heterocycles. The average Bonchev–Trinajstić information content (AvgIpc) is 2.80. The third-order valence-electron chi connectivity index (χ3n) is 3.67. The summed E-state index contributed by atoms with van der Waals surface area (Å²) >= 11 is 0. The number of nitrogens with zero attached hydrogens (tertiary/aromatic N) is 2. The van der Waals surface area contributed by atoms with Crippen LogP contribution < -0.4 is 0 Å². The Bertz CT molecular complexity index is 589. The molecule has 3 unspecified atom stereocenters. The van der Waals surface area contributed by atoms with Crippen LogP contribution in [0.15, 0.2) is 0 Å². The van der Waals surface area contributed by atoms with E-state index in [1.807, 2.05) is 0 Å². The fraction of sp³-hybridized carbons (Fsp3) is 0.750. The number of aromatic nitrogens is 2. The van der Waals surface area contributed by atoms with Crippen molar-refractivity contribution in [1.82, 2.24) is 9.78 Å². The van der Waals surface area contributed by atoms with E-state index in [1.165, 1.54) is 0 Å². The average molecular weight is 352 g/mol. The number of rotatable bonds is 3. The Hall–Kier alpha value is -1.39. The number of aryl methyl sites for hydroxylation is 1. The quantitative estimate of drug-likeness (QED) is 0.834. The largest absolute Gasteiger partial charge is 0.435 e. The lowest BCUT2D eigenvalue weighted by atomic mass is 10.0. The Morgan fingerprint density at radius 2 is 1.78 bits per heavy atom. The standard InChI is InChI=1S/C12H12F8N2O/c1-10(14)7(13)6-5(9(10)23)8(12(18,19)20)21-22(6)4-2-3-11(15,16)17/h7,9,23H,2-4H2,1H3. The van der Waals surface area contributed by atoms with Gasteiger partial charge in [-0.1, -0.05) is 0 Å². The van der Waals surface area contributed by atoms with Gasteiger partial charge in [0.05, 0.1) is 5.69 Å². The summed E-state index contributed by atoms with van der Waals surface area (Å²) < 4.78 is 104. The summed E-state index contributed by atoms with van der Waals surface area (Å²) in [6, 6.07) is 0. The fourth-order valence-electron chi connectivity index (χ4n) is 2.52. The van der Waals surface area contributed by atoms with Crippen LogP contribution in [0.3, 0.4) is 0 Å². The summed E-state index contributed by atoms with van der Waals surface area (Å²) in [5.74, 6) is 0. The Balaban J connectivity index is 2.41.